The van der Waals surface area contributed by atoms with E-state index in [9.17, 15) is 9.59 Å². The minimum Gasteiger partial charge on any atom is -0.480 e. The highest BCUT2D eigenvalue weighted by Crippen LogP contribution is 2.32. The molecule has 0 spiro atoms. The average Bonchev–Trinajstić information content (AvgIpc) is 2.47. The Kier molecular flexibility index (Phi) is 6.39. The smallest absolute Gasteiger partial charge is 0.349 e. The molecule has 0 saturated carbocycles. The molecule has 0 bridgehead atoms. The van der Waals surface area contributed by atoms with Crippen LogP contribution in [0.25, 0.3) is 0 Å². The van der Waals surface area contributed by atoms with E-state index in [0.717, 1.165) is 14.5 Å². The highest BCUT2D eigenvalue weighted by atomic mass is 79.9. The fourth-order valence-electron chi connectivity index (χ4n) is 1.97. The highest BCUT2D eigenvalue weighted by Gasteiger charge is 2.11. The molecule has 24 heavy (non-hydrogen) atoms. The summed E-state index contributed by atoms with van der Waals surface area (Å²) in [5, 5.41) is 2.64. The number of hydrogen-bond donors (Lipinski definition) is 1. The van der Waals surface area contributed by atoms with E-state index in [1.54, 1.807) is 24.3 Å². The van der Waals surface area contributed by atoms with Gasteiger partial charge in [0.1, 0.15) is 11.5 Å². The first-order valence-electron chi connectivity index (χ1n) is 7.02. The molecule has 0 aliphatic rings. The second kappa shape index (κ2) is 8.30. The van der Waals surface area contributed by atoms with Crippen molar-refractivity contribution in [3.05, 3.63) is 50.9 Å². The number of anilines is 1. The Morgan fingerprint density at radius 3 is 2.38 bits per heavy atom. The van der Waals surface area contributed by atoms with Crippen LogP contribution in [0.2, 0.25) is 0 Å². The van der Waals surface area contributed by atoms with Crippen molar-refractivity contribution in [3.8, 4) is 11.5 Å². The monoisotopic (exact) mass is 455 g/mol. The average molecular weight is 457 g/mol. The largest absolute Gasteiger partial charge is 0.480 e. The summed E-state index contributed by atoms with van der Waals surface area (Å²) in [5.41, 5.74) is 1.52. The zero-order valence-electron chi connectivity index (χ0n) is 13.1. The van der Waals surface area contributed by atoms with Crippen LogP contribution in [0.1, 0.15) is 12.5 Å². The van der Waals surface area contributed by atoms with E-state index in [1.807, 2.05) is 19.1 Å². The normalized spacial score (nSPS) is 10.2. The van der Waals surface area contributed by atoms with Gasteiger partial charge in [-0.3, -0.25) is 4.79 Å². The van der Waals surface area contributed by atoms with Gasteiger partial charge in [-0.2, -0.15) is 0 Å². The highest BCUT2D eigenvalue weighted by molar-refractivity contribution is 9.11. The Balaban J connectivity index is 1.93. The summed E-state index contributed by atoms with van der Waals surface area (Å²) in [5.74, 6) is 0.292. The molecule has 1 amide bonds. The summed E-state index contributed by atoms with van der Waals surface area (Å²) >= 11 is 6.79. The summed E-state index contributed by atoms with van der Waals surface area (Å²) in [6.45, 7) is 3.10. The van der Waals surface area contributed by atoms with Gasteiger partial charge in [0.25, 0.3) is 0 Å². The molecule has 0 heterocycles. The fraction of sp³-hybridized carbons (Fsp3) is 0.176. The van der Waals surface area contributed by atoms with Crippen molar-refractivity contribution in [2.45, 2.75) is 13.8 Å². The van der Waals surface area contributed by atoms with E-state index in [4.69, 9.17) is 9.47 Å². The van der Waals surface area contributed by atoms with Crippen LogP contribution >= 0.6 is 31.9 Å². The molecule has 0 aliphatic heterocycles. The predicted molar refractivity (Wildman–Crippen MR) is 98.5 cm³/mol. The first kappa shape index (κ1) is 18.5. The molecule has 126 valence electrons. The van der Waals surface area contributed by atoms with E-state index in [2.05, 4.69) is 37.2 Å². The van der Waals surface area contributed by atoms with Gasteiger partial charge in [0.2, 0.25) is 5.91 Å². The minimum atomic E-state index is -0.517. The van der Waals surface area contributed by atoms with Crippen molar-refractivity contribution >= 4 is 49.4 Å². The van der Waals surface area contributed by atoms with Gasteiger partial charge in [0.15, 0.2) is 6.61 Å². The Morgan fingerprint density at radius 2 is 1.79 bits per heavy atom. The molecule has 0 radical (unpaired) electrons. The lowest BCUT2D eigenvalue weighted by molar-refractivity contribution is -0.136. The molecule has 0 unspecified atom stereocenters. The summed E-state index contributed by atoms with van der Waals surface area (Å²) in [4.78, 5) is 22.8. The van der Waals surface area contributed by atoms with E-state index < -0.39 is 5.97 Å². The lowest BCUT2D eigenvalue weighted by Gasteiger charge is -2.11. The van der Waals surface area contributed by atoms with Crippen molar-refractivity contribution in [2.75, 3.05) is 11.9 Å². The first-order chi connectivity index (χ1) is 11.3. The van der Waals surface area contributed by atoms with Crippen molar-refractivity contribution in [1.82, 2.24) is 0 Å². The standard InChI is InChI=1S/C17H15Br2NO4/c1-10-7-12(18)8-15(19)17(10)23-9-16(22)24-14-5-3-13(4-6-14)20-11(2)21/h3-8H,9H2,1-2H3,(H,20,21). The van der Waals surface area contributed by atoms with E-state index in [0.29, 0.717) is 17.2 Å². The van der Waals surface area contributed by atoms with E-state index in [-0.39, 0.29) is 12.5 Å². The van der Waals surface area contributed by atoms with Gasteiger partial charge in [-0.25, -0.2) is 4.79 Å². The number of carbonyl (C=O) groups is 2. The van der Waals surface area contributed by atoms with Crippen molar-refractivity contribution < 1.29 is 19.1 Å². The number of aryl methyl sites for hydroxylation is 1. The third-order valence-corrected chi connectivity index (χ3v) is 3.98. The summed E-state index contributed by atoms with van der Waals surface area (Å²) in [6.07, 6.45) is 0. The van der Waals surface area contributed by atoms with Crippen molar-refractivity contribution in [3.63, 3.8) is 0 Å². The number of ether oxygens (including phenoxy) is 2. The number of halogens is 2. The van der Waals surface area contributed by atoms with Crippen LogP contribution in [-0.4, -0.2) is 18.5 Å². The molecule has 5 nitrogen and oxygen atoms in total. The molecule has 0 aromatic heterocycles. The number of esters is 1. The SMILES string of the molecule is CC(=O)Nc1ccc(OC(=O)COc2c(C)cc(Br)cc2Br)cc1. The van der Waals surface area contributed by atoms with Gasteiger partial charge in [-0.15, -0.1) is 0 Å². The maximum Gasteiger partial charge on any atom is 0.349 e. The number of hydrogen-bond acceptors (Lipinski definition) is 4. The topological polar surface area (TPSA) is 64.6 Å². The zero-order valence-corrected chi connectivity index (χ0v) is 16.2. The van der Waals surface area contributed by atoms with Crippen LogP contribution in [0, 0.1) is 6.92 Å². The number of carbonyl (C=O) groups excluding carboxylic acids is 2. The lowest BCUT2D eigenvalue weighted by Crippen LogP contribution is -2.18. The molecule has 0 saturated heterocycles. The predicted octanol–water partition coefficient (Wildman–Crippen LogP) is 4.46. The number of rotatable bonds is 5. The maximum atomic E-state index is 11.9. The Bertz CT molecular complexity index is 737. The third kappa shape index (κ3) is 5.35. The Hall–Kier alpha value is -1.86. The molecule has 7 heteroatoms. The van der Waals surface area contributed by atoms with Crippen LogP contribution in [0.4, 0.5) is 5.69 Å². The van der Waals surface area contributed by atoms with Gasteiger partial charge >= 0.3 is 5.97 Å². The van der Waals surface area contributed by atoms with Crippen LogP contribution in [0.15, 0.2) is 45.3 Å². The van der Waals surface area contributed by atoms with Crippen LogP contribution in [0.5, 0.6) is 11.5 Å². The minimum absolute atomic E-state index is 0.163. The Morgan fingerprint density at radius 1 is 1.12 bits per heavy atom. The second-order valence-corrected chi connectivity index (χ2v) is 6.77. The van der Waals surface area contributed by atoms with Gasteiger partial charge in [0.05, 0.1) is 4.47 Å². The van der Waals surface area contributed by atoms with E-state index >= 15 is 0 Å². The molecular weight excluding hydrogens is 442 g/mol. The second-order valence-electron chi connectivity index (χ2n) is 5.00. The Labute approximate surface area is 156 Å². The maximum absolute atomic E-state index is 11.9. The summed E-state index contributed by atoms with van der Waals surface area (Å²) < 4.78 is 12.4. The first-order valence-corrected chi connectivity index (χ1v) is 8.60. The molecular formula is C17H15Br2NO4. The number of amides is 1. The quantitative estimate of drug-likeness (QED) is 0.532. The molecule has 2 aromatic rings. The van der Waals surface area contributed by atoms with Crippen LogP contribution < -0.4 is 14.8 Å². The molecule has 0 fully saturated rings. The third-order valence-electron chi connectivity index (χ3n) is 2.93. The molecule has 1 N–H and O–H groups in total. The molecule has 2 aromatic carbocycles. The lowest BCUT2D eigenvalue weighted by atomic mass is 10.2. The zero-order chi connectivity index (χ0) is 17.7. The van der Waals surface area contributed by atoms with Gasteiger partial charge in [0, 0.05) is 17.1 Å². The fourth-order valence-corrected chi connectivity index (χ4v) is 3.53. The van der Waals surface area contributed by atoms with Crippen molar-refractivity contribution in [1.29, 1.82) is 0 Å². The summed E-state index contributed by atoms with van der Waals surface area (Å²) in [6, 6.07) is 10.2. The molecule has 0 atom stereocenters. The number of benzene rings is 2. The number of nitrogens with one attached hydrogen (secondary N) is 1. The van der Waals surface area contributed by atoms with E-state index in [1.165, 1.54) is 6.92 Å². The van der Waals surface area contributed by atoms with Gasteiger partial charge in [-0.05, 0) is 64.8 Å². The van der Waals surface area contributed by atoms with Crippen LogP contribution in [-0.2, 0) is 9.59 Å². The molecule has 0 aliphatic carbocycles. The van der Waals surface area contributed by atoms with Gasteiger partial charge < -0.3 is 14.8 Å². The summed E-state index contributed by atoms with van der Waals surface area (Å²) in [7, 11) is 0. The molecule has 2 rings (SSSR count). The van der Waals surface area contributed by atoms with Gasteiger partial charge in [-0.1, -0.05) is 15.9 Å². The van der Waals surface area contributed by atoms with Crippen LogP contribution in [0.3, 0.4) is 0 Å². The van der Waals surface area contributed by atoms with Crippen molar-refractivity contribution in [2.24, 2.45) is 0 Å².